The molecule has 0 radical (unpaired) electrons. The van der Waals surface area contributed by atoms with Crippen LogP contribution in [0.5, 0.6) is 0 Å². The van der Waals surface area contributed by atoms with E-state index in [-0.39, 0.29) is 11.9 Å². The van der Waals surface area contributed by atoms with Crippen LogP contribution < -0.4 is 5.32 Å². The summed E-state index contributed by atoms with van der Waals surface area (Å²) in [5.41, 5.74) is 1.18. The predicted octanol–water partition coefficient (Wildman–Crippen LogP) is 1.90. The Morgan fingerprint density at radius 2 is 2.21 bits per heavy atom. The van der Waals surface area contributed by atoms with E-state index in [0.717, 1.165) is 38.4 Å². The fourth-order valence-electron chi connectivity index (χ4n) is 3.17. The molecular formula is C17H23N5O2. The fourth-order valence-corrected chi connectivity index (χ4v) is 3.17. The molecule has 1 fully saturated rings. The maximum atomic E-state index is 12.8. The molecule has 7 heteroatoms. The number of carbonyl (C=O) groups is 1. The normalized spacial score (nSPS) is 16.8. The van der Waals surface area contributed by atoms with Crippen molar-refractivity contribution in [2.24, 2.45) is 5.92 Å². The number of carbonyl (C=O) groups excluding carboxylic acids is 1. The highest BCUT2D eigenvalue weighted by Crippen LogP contribution is 2.29. The average molecular weight is 329 g/mol. The number of nitrogens with zero attached hydrogens (tertiary/aromatic N) is 4. The van der Waals surface area contributed by atoms with Gasteiger partial charge in [-0.05, 0) is 38.7 Å². The second-order valence-electron chi connectivity index (χ2n) is 6.00. The van der Waals surface area contributed by atoms with Crippen LogP contribution in [-0.2, 0) is 11.3 Å². The van der Waals surface area contributed by atoms with Crippen molar-refractivity contribution < 1.29 is 9.53 Å². The summed E-state index contributed by atoms with van der Waals surface area (Å²) in [6.45, 7) is 6.13. The summed E-state index contributed by atoms with van der Waals surface area (Å²) in [5.74, 6) is 1.08. The van der Waals surface area contributed by atoms with Gasteiger partial charge >= 0.3 is 0 Å². The number of rotatable bonds is 5. The lowest BCUT2D eigenvalue weighted by molar-refractivity contribution is 0.0498. The van der Waals surface area contributed by atoms with Crippen LogP contribution in [0.25, 0.3) is 0 Å². The molecule has 1 amide bonds. The van der Waals surface area contributed by atoms with Crippen molar-refractivity contribution in [1.82, 2.24) is 25.1 Å². The molecule has 1 saturated heterocycles. The largest absolute Gasteiger partial charge is 0.381 e. The highest BCUT2D eigenvalue weighted by Gasteiger charge is 2.30. The number of ether oxygens (including phenoxy) is 1. The Kier molecular flexibility index (Phi) is 5.20. The molecule has 7 nitrogen and oxygen atoms in total. The predicted molar refractivity (Wildman–Crippen MR) is 88.4 cm³/mol. The molecule has 2 aromatic heterocycles. The monoisotopic (exact) mass is 329 g/mol. The Morgan fingerprint density at radius 3 is 2.92 bits per heavy atom. The van der Waals surface area contributed by atoms with Crippen LogP contribution in [0.15, 0.2) is 24.7 Å². The summed E-state index contributed by atoms with van der Waals surface area (Å²) in [6.07, 6.45) is 7.10. The number of imidazole rings is 1. The number of aromatic nitrogens is 4. The van der Waals surface area contributed by atoms with Crippen molar-refractivity contribution in [2.75, 3.05) is 13.2 Å². The Labute approximate surface area is 141 Å². The first kappa shape index (κ1) is 16.6. The summed E-state index contributed by atoms with van der Waals surface area (Å²) < 4.78 is 7.56. The van der Waals surface area contributed by atoms with Crippen LogP contribution in [-0.4, -0.2) is 38.9 Å². The Hall–Kier alpha value is -2.28. The van der Waals surface area contributed by atoms with Crippen molar-refractivity contribution in [3.63, 3.8) is 0 Å². The van der Waals surface area contributed by atoms with Gasteiger partial charge in [0.05, 0.1) is 23.5 Å². The van der Waals surface area contributed by atoms with Crippen LogP contribution in [0.4, 0.5) is 0 Å². The maximum Gasteiger partial charge on any atom is 0.253 e. The summed E-state index contributed by atoms with van der Waals surface area (Å²) in [4.78, 5) is 17.3. The van der Waals surface area contributed by atoms with Gasteiger partial charge in [-0.15, -0.1) is 0 Å². The van der Waals surface area contributed by atoms with Gasteiger partial charge in [0.15, 0.2) is 0 Å². The van der Waals surface area contributed by atoms with Crippen LogP contribution in [0.1, 0.15) is 47.7 Å². The first-order valence-electron chi connectivity index (χ1n) is 8.38. The second kappa shape index (κ2) is 7.53. The van der Waals surface area contributed by atoms with E-state index in [0.29, 0.717) is 17.2 Å². The zero-order chi connectivity index (χ0) is 16.9. The van der Waals surface area contributed by atoms with Gasteiger partial charge in [-0.3, -0.25) is 4.79 Å². The molecular weight excluding hydrogens is 306 g/mol. The van der Waals surface area contributed by atoms with Crippen LogP contribution in [0.2, 0.25) is 0 Å². The summed E-state index contributed by atoms with van der Waals surface area (Å²) in [5, 5.41) is 11.0. The maximum absolute atomic E-state index is 12.8. The molecule has 1 unspecified atom stereocenters. The molecule has 1 aliphatic rings. The number of hydrogen-bond donors (Lipinski definition) is 1. The Balaban J connectivity index is 1.87. The van der Waals surface area contributed by atoms with Gasteiger partial charge in [-0.2, -0.15) is 10.2 Å². The third-order valence-corrected chi connectivity index (χ3v) is 4.54. The van der Waals surface area contributed by atoms with E-state index in [1.807, 2.05) is 6.20 Å². The minimum Gasteiger partial charge on any atom is -0.381 e. The Morgan fingerprint density at radius 1 is 1.42 bits per heavy atom. The second-order valence-corrected chi connectivity index (χ2v) is 6.00. The SMILES string of the molecule is CCn1ccnc1C(NC(=O)c1ccnnc1C)C1CCOCC1. The molecule has 0 bridgehead atoms. The van der Waals surface area contributed by atoms with Crippen molar-refractivity contribution in [3.05, 3.63) is 41.7 Å². The van der Waals surface area contributed by atoms with Gasteiger partial charge in [0.1, 0.15) is 5.82 Å². The van der Waals surface area contributed by atoms with Gasteiger partial charge in [-0.1, -0.05) is 0 Å². The van der Waals surface area contributed by atoms with E-state index in [9.17, 15) is 4.79 Å². The standard InChI is InChI=1S/C17H23N5O2/c1-3-22-9-8-18-16(22)15(13-5-10-24-11-6-13)20-17(23)14-4-7-19-21-12(14)2/h4,7-9,13,15H,3,5-6,10-11H2,1-2H3,(H,20,23). The van der Waals surface area contributed by atoms with Gasteiger partial charge in [0.2, 0.25) is 0 Å². The first-order chi connectivity index (χ1) is 11.7. The zero-order valence-corrected chi connectivity index (χ0v) is 14.1. The van der Waals surface area contributed by atoms with Gasteiger partial charge in [-0.25, -0.2) is 4.98 Å². The fraction of sp³-hybridized carbons (Fsp3) is 0.529. The molecule has 3 rings (SSSR count). The minimum atomic E-state index is -0.135. The van der Waals surface area contributed by atoms with E-state index in [1.165, 1.54) is 0 Å². The number of nitrogens with one attached hydrogen (secondary N) is 1. The first-order valence-corrected chi connectivity index (χ1v) is 8.38. The lowest BCUT2D eigenvalue weighted by Gasteiger charge is -2.31. The molecule has 2 aromatic rings. The quantitative estimate of drug-likeness (QED) is 0.906. The number of aryl methyl sites for hydroxylation is 2. The van der Waals surface area contributed by atoms with E-state index < -0.39 is 0 Å². The average Bonchev–Trinajstić information content (AvgIpc) is 3.09. The molecule has 0 aliphatic carbocycles. The van der Waals surface area contributed by atoms with Gasteiger partial charge in [0.25, 0.3) is 5.91 Å². The van der Waals surface area contributed by atoms with E-state index in [1.54, 1.807) is 25.4 Å². The van der Waals surface area contributed by atoms with Crippen LogP contribution in [0, 0.1) is 12.8 Å². The summed E-state index contributed by atoms with van der Waals surface area (Å²) >= 11 is 0. The van der Waals surface area contributed by atoms with E-state index in [4.69, 9.17) is 4.74 Å². The number of amides is 1. The minimum absolute atomic E-state index is 0.135. The molecule has 1 N–H and O–H groups in total. The lowest BCUT2D eigenvalue weighted by atomic mass is 9.90. The summed E-state index contributed by atoms with van der Waals surface area (Å²) in [6, 6.07) is 1.56. The van der Waals surface area contributed by atoms with Crippen LogP contribution in [0.3, 0.4) is 0 Å². The highest BCUT2D eigenvalue weighted by molar-refractivity contribution is 5.95. The van der Waals surface area contributed by atoms with Crippen LogP contribution >= 0.6 is 0 Å². The molecule has 0 spiro atoms. The highest BCUT2D eigenvalue weighted by atomic mass is 16.5. The van der Waals surface area contributed by atoms with E-state index >= 15 is 0 Å². The molecule has 0 aromatic carbocycles. The molecule has 0 saturated carbocycles. The molecule has 24 heavy (non-hydrogen) atoms. The van der Waals surface area contributed by atoms with Crippen molar-refractivity contribution in [2.45, 2.75) is 39.3 Å². The van der Waals surface area contributed by atoms with Crippen molar-refractivity contribution in [1.29, 1.82) is 0 Å². The topological polar surface area (TPSA) is 81.9 Å². The van der Waals surface area contributed by atoms with Crippen molar-refractivity contribution >= 4 is 5.91 Å². The van der Waals surface area contributed by atoms with Gasteiger partial charge < -0.3 is 14.6 Å². The smallest absolute Gasteiger partial charge is 0.253 e. The third-order valence-electron chi connectivity index (χ3n) is 4.54. The lowest BCUT2D eigenvalue weighted by Crippen LogP contribution is -2.38. The Bertz CT molecular complexity index is 694. The van der Waals surface area contributed by atoms with Gasteiger partial charge in [0, 0.05) is 32.2 Å². The molecule has 1 atom stereocenters. The van der Waals surface area contributed by atoms with E-state index in [2.05, 4.69) is 32.0 Å². The van der Waals surface area contributed by atoms with Crippen molar-refractivity contribution in [3.8, 4) is 0 Å². The zero-order valence-electron chi connectivity index (χ0n) is 14.1. The molecule has 128 valence electrons. The number of hydrogen-bond acceptors (Lipinski definition) is 5. The molecule has 1 aliphatic heterocycles. The third kappa shape index (κ3) is 3.46. The summed E-state index contributed by atoms with van der Waals surface area (Å²) in [7, 11) is 0. The molecule has 3 heterocycles.